The zero-order valence-corrected chi connectivity index (χ0v) is 20.4. The fourth-order valence-electron chi connectivity index (χ4n) is 5.44. The van der Waals surface area contributed by atoms with Crippen LogP contribution in [0.15, 0.2) is 127 Å². The molecule has 38 heavy (non-hydrogen) atoms. The molecule has 4 nitrogen and oxygen atoms in total. The van der Waals surface area contributed by atoms with Crippen molar-refractivity contribution in [3.63, 3.8) is 0 Å². The highest BCUT2D eigenvalue weighted by molar-refractivity contribution is 6.13. The first-order chi connectivity index (χ1) is 18.8. The Morgan fingerprint density at radius 3 is 2.00 bits per heavy atom. The van der Waals surface area contributed by atoms with Crippen LogP contribution in [0.2, 0.25) is 0 Å². The van der Waals surface area contributed by atoms with Gasteiger partial charge < -0.3 is 9.30 Å². The summed E-state index contributed by atoms with van der Waals surface area (Å²) in [7, 11) is 0. The maximum atomic E-state index is 6.28. The lowest BCUT2D eigenvalue weighted by Crippen LogP contribution is -2.03. The molecule has 0 fully saturated rings. The first-order valence-corrected chi connectivity index (χ1v) is 12.7. The average Bonchev–Trinajstić information content (AvgIpc) is 3.33. The fourth-order valence-corrected chi connectivity index (χ4v) is 5.44. The minimum absolute atomic E-state index is 0.715. The van der Waals surface area contributed by atoms with Crippen molar-refractivity contribution < 1.29 is 4.74 Å². The molecule has 178 valence electrons. The Bertz CT molecular complexity index is 1930. The molecule has 0 N–H and O–H groups in total. The van der Waals surface area contributed by atoms with Gasteiger partial charge in [0.25, 0.3) is 0 Å². The van der Waals surface area contributed by atoms with E-state index in [0.29, 0.717) is 5.82 Å². The van der Waals surface area contributed by atoms with Crippen molar-refractivity contribution in [1.29, 1.82) is 0 Å². The topological polar surface area (TPSA) is 39.9 Å². The first-order valence-electron chi connectivity index (χ1n) is 12.7. The standard InChI is InChI=1S/C34H21N3O/c1-3-10-22(11-4-1)27-21-28(36-34(35-27)23-12-5-2-6-13-23)24-18-19-29-26(20-24)25-14-9-17-32-33(25)37(29)30-15-7-8-16-31(30)38-32/h1-21H. The van der Waals surface area contributed by atoms with Crippen LogP contribution in [0.1, 0.15) is 0 Å². The number of rotatable bonds is 3. The molecule has 1 aliphatic heterocycles. The fraction of sp³-hybridized carbons (Fsp3) is 0. The predicted molar refractivity (Wildman–Crippen MR) is 153 cm³/mol. The van der Waals surface area contributed by atoms with Gasteiger partial charge in [-0.1, -0.05) is 91.0 Å². The number of hydrogen-bond donors (Lipinski definition) is 0. The lowest BCUT2D eigenvalue weighted by Gasteiger charge is -2.20. The van der Waals surface area contributed by atoms with Gasteiger partial charge in [-0.2, -0.15) is 0 Å². The van der Waals surface area contributed by atoms with Crippen molar-refractivity contribution in [2.24, 2.45) is 0 Å². The lowest BCUT2D eigenvalue weighted by molar-refractivity contribution is 0.476. The highest BCUT2D eigenvalue weighted by Crippen LogP contribution is 2.45. The molecular weight excluding hydrogens is 466 g/mol. The molecule has 1 aliphatic rings. The summed E-state index contributed by atoms with van der Waals surface area (Å²) in [5.41, 5.74) is 8.20. The number of benzene rings is 5. The molecule has 0 bridgehead atoms. The molecule has 0 saturated heterocycles. The van der Waals surface area contributed by atoms with Crippen molar-refractivity contribution in [3.8, 4) is 51.1 Å². The summed E-state index contributed by atoms with van der Waals surface area (Å²) in [5, 5.41) is 2.33. The second-order valence-corrected chi connectivity index (χ2v) is 9.48. The maximum Gasteiger partial charge on any atom is 0.160 e. The molecule has 3 heterocycles. The Kier molecular flexibility index (Phi) is 4.49. The second kappa shape index (κ2) is 8.15. The smallest absolute Gasteiger partial charge is 0.160 e. The van der Waals surface area contributed by atoms with Crippen LogP contribution in [0.25, 0.3) is 61.4 Å². The van der Waals surface area contributed by atoms with Crippen LogP contribution >= 0.6 is 0 Å². The van der Waals surface area contributed by atoms with E-state index in [1.807, 2.05) is 54.6 Å². The van der Waals surface area contributed by atoms with E-state index >= 15 is 0 Å². The van der Waals surface area contributed by atoms with Gasteiger partial charge >= 0.3 is 0 Å². The Morgan fingerprint density at radius 2 is 1.18 bits per heavy atom. The molecule has 0 amide bonds. The van der Waals surface area contributed by atoms with Crippen LogP contribution in [-0.4, -0.2) is 14.5 Å². The van der Waals surface area contributed by atoms with Gasteiger partial charge in [0.1, 0.15) is 0 Å². The van der Waals surface area contributed by atoms with Crippen LogP contribution in [0.3, 0.4) is 0 Å². The van der Waals surface area contributed by atoms with Crippen LogP contribution < -0.4 is 4.74 Å². The van der Waals surface area contributed by atoms with E-state index in [0.717, 1.165) is 61.7 Å². The molecule has 0 saturated carbocycles. The molecule has 0 aliphatic carbocycles. The molecule has 0 spiro atoms. The van der Waals surface area contributed by atoms with E-state index < -0.39 is 0 Å². The quantitative estimate of drug-likeness (QED) is 0.250. The van der Waals surface area contributed by atoms with Gasteiger partial charge in [0.2, 0.25) is 0 Å². The molecule has 4 heteroatoms. The highest BCUT2D eigenvalue weighted by Gasteiger charge is 2.23. The zero-order chi connectivity index (χ0) is 25.1. The van der Waals surface area contributed by atoms with E-state index in [1.54, 1.807) is 0 Å². The average molecular weight is 488 g/mol. The molecule has 2 aromatic heterocycles. The normalized spacial score (nSPS) is 11.9. The number of nitrogens with zero attached hydrogens (tertiary/aromatic N) is 3. The Hall–Kier alpha value is -5.22. The Balaban J connectivity index is 1.38. The summed E-state index contributed by atoms with van der Waals surface area (Å²) in [5.74, 6) is 2.45. The molecule has 0 atom stereocenters. The SMILES string of the molecule is c1ccc(-c2cc(-c3ccc4c(c3)c3cccc5c3n4-c3ccccc3O5)nc(-c3ccccc3)n2)cc1. The first kappa shape index (κ1) is 20.9. The Labute approximate surface area is 219 Å². The van der Waals surface area contributed by atoms with Gasteiger partial charge in [0, 0.05) is 27.5 Å². The summed E-state index contributed by atoms with van der Waals surface area (Å²) in [6, 6.07) is 43.6. The number of fused-ring (bicyclic) bond motifs is 5. The van der Waals surface area contributed by atoms with Crippen molar-refractivity contribution in [2.45, 2.75) is 0 Å². The van der Waals surface area contributed by atoms with Gasteiger partial charge in [-0.15, -0.1) is 0 Å². The van der Waals surface area contributed by atoms with Crippen molar-refractivity contribution in [2.75, 3.05) is 0 Å². The molecule has 7 aromatic rings. The third kappa shape index (κ3) is 3.17. The highest BCUT2D eigenvalue weighted by atomic mass is 16.5. The largest absolute Gasteiger partial charge is 0.453 e. The van der Waals surface area contributed by atoms with Crippen LogP contribution in [0.4, 0.5) is 0 Å². The third-order valence-electron chi connectivity index (χ3n) is 7.20. The number of ether oxygens (including phenoxy) is 1. The van der Waals surface area contributed by atoms with Crippen LogP contribution in [-0.2, 0) is 0 Å². The maximum absolute atomic E-state index is 6.28. The van der Waals surface area contributed by atoms with E-state index in [-0.39, 0.29) is 0 Å². The predicted octanol–water partition coefficient (Wildman–Crippen LogP) is 8.68. The van der Waals surface area contributed by atoms with E-state index in [4.69, 9.17) is 14.7 Å². The van der Waals surface area contributed by atoms with Crippen molar-refractivity contribution >= 4 is 21.8 Å². The minimum Gasteiger partial charge on any atom is -0.453 e. The van der Waals surface area contributed by atoms with Crippen LogP contribution in [0, 0.1) is 0 Å². The monoisotopic (exact) mass is 487 g/mol. The zero-order valence-electron chi connectivity index (χ0n) is 20.4. The van der Waals surface area contributed by atoms with Gasteiger partial charge in [-0.3, -0.25) is 0 Å². The van der Waals surface area contributed by atoms with Gasteiger partial charge in [0.05, 0.1) is 28.1 Å². The number of aromatic nitrogens is 3. The molecule has 5 aromatic carbocycles. The lowest BCUT2D eigenvalue weighted by atomic mass is 10.0. The van der Waals surface area contributed by atoms with E-state index in [1.165, 1.54) is 5.39 Å². The van der Waals surface area contributed by atoms with Gasteiger partial charge in [-0.25, -0.2) is 9.97 Å². The number of para-hydroxylation sites is 3. The minimum atomic E-state index is 0.715. The molecule has 8 rings (SSSR count). The van der Waals surface area contributed by atoms with Gasteiger partial charge in [0.15, 0.2) is 17.3 Å². The van der Waals surface area contributed by atoms with Crippen LogP contribution in [0.5, 0.6) is 11.5 Å². The second-order valence-electron chi connectivity index (χ2n) is 9.48. The van der Waals surface area contributed by atoms with Gasteiger partial charge in [-0.05, 0) is 36.4 Å². The Morgan fingerprint density at radius 1 is 0.500 bits per heavy atom. The number of hydrogen-bond acceptors (Lipinski definition) is 3. The molecule has 0 radical (unpaired) electrons. The summed E-state index contributed by atoms with van der Waals surface area (Å²) in [4.78, 5) is 9.98. The molecule has 0 unspecified atom stereocenters. The van der Waals surface area contributed by atoms with E-state index in [9.17, 15) is 0 Å². The van der Waals surface area contributed by atoms with E-state index in [2.05, 4.69) is 77.4 Å². The summed E-state index contributed by atoms with van der Waals surface area (Å²) < 4.78 is 8.59. The summed E-state index contributed by atoms with van der Waals surface area (Å²) in [6.07, 6.45) is 0. The van der Waals surface area contributed by atoms with Crippen molar-refractivity contribution in [3.05, 3.63) is 127 Å². The third-order valence-corrected chi connectivity index (χ3v) is 7.20. The summed E-state index contributed by atoms with van der Waals surface area (Å²) >= 11 is 0. The van der Waals surface area contributed by atoms with Crippen molar-refractivity contribution in [1.82, 2.24) is 14.5 Å². The summed E-state index contributed by atoms with van der Waals surface area (Å²) in [6.45, 7) is 0. The molecular formula is C34H21N3O.